The highest BCUT2D eigenvalue weighted by Crippen LogP contribution is 2.20. The number of ketones is 2. The van der Waals surface area contributed by atoms with Crippen LogP contribution >= 0.6 is 0 Å². The number of allylic oxidation sites excluding steroid dienone is 2. The Morgan fingerprint density at radius 2 is 0.821 bits per heavy atom. The van der Waals surface area contributed by atoms with Gasteiger partial charge in [-0.05, 0) is 45.1 Å². The first kappa shape index (κ1) is 81.0. The Kier molecular flexibility index (Phi) is 130. The number of hydrogen-bond donors (Lipinski definition) is 0. The number of rotatable bonds is 0. The number of Topliss-reactive ketones (excluding diaryl/α,β-unsaturated/α-hetero) is 2. The zero-order chi connectivity index (χ0) is 12.0. The zero-order valence-corrected chi connectivity index (χ0v) is 10.5. The molecule has 1 saturated carbocycles. The molecule has 0 aliphatic heterocycles. The first-order valence-corrected chi connectivity index (χ1v) is 6.32. The Labute approximate surface area is 187 Å². The van der Waals surface area contributed by atoms with Crippen LogP contribution in [0.2, 0.25) is 0 Å². The Morgan fingerprint density at radius 3 is 1.04 bits per heavy atom. The summed E-state index contributed by atoms with van der Waals surface area (Å²) in [6.45, 7) is 3.98. The summed E-state index contributed by atoms with van der Waals surface area (Å²) in [6, 6.07) is 0. The summed E-state index contributed by atoms with van der Waals surface area (Å²) < 4.78 is 0. The molecule has 186 valence electrons. The summed E-state index contributed by atoms with van der Waals surface area (Å²) >= 11 is 0. The molecule has 0 bridgehead atoms. The van der Waals surface area contributed by atoms with Crippen molar-refractivity contribution in [2.75, 3.05) is 0 Å². The van der Waals surface area contributed by atoms with Crippen LogP contribution in [-0.4, -0.2) is 11.6 Å². The van der Waals surface area contributed by atoms with E-state index in [1.807, 2.05) is 13.8 Å². The van der Waals surface area contributed by atoms with E-state index in [1.165, 1.54) is 12.0 Å². The minimum absolute atomic E-state index is 0. The first-order valence-electron chi connectivity index (χ1n) is 6.32. The lowest BCUT2D eigenvalue weighted by atomic mass is 9.93. The van der Waals surface area contributed by atoms with Gasteiger partial charge in [0, 0.05) is 19.3 Å². The average Bonchev–Trinajstić information content (AvgIpc) is 2.28. The highest BCUT2D eigenvalue weighted by Gasteiger charge is 2.12. The van der Waals surface area contributed by atoms with Gasteiger partial charge in [-0.15, -0.1) is 0 Å². The molecule has 28 heavy (non-hydrogen) atoms. The van der Waals surface area contributed by atoms with Crippen LogP contribution in [0.3, 0.4) is 0 Å². The van der Waals surface area contributed by atoms with Crippen LogP contribution in [0.1, 0.15) is 154 Å². The zero-order valence-electron chi connectivity index (χ0n) is 10.5. The summed E-state index contributed by atoms with van der Waals surface area (Å²) in [4.78, 5) is 21.4. The molecule has 2 aliphatic rings. The SMILES string of the molecule is C.C.C.C.C.C.C.C.C.C.C.C.CC1=C(C)C(=O)CCC1.O=C1CCCCC1. The highest BCUT2D eigenvalue weighted by atomic mass is 16.1. The fourth-order valence-electron chi connectivity index (χ4n) is 2.07. The van der Waals surface area contributed by atoms with E-state index in [0.29, 0.717) is 11.6 Å². The molecule has 2 heteroatoms. The molecule has 0 aromatic rings. The molecule has 2 aliphatic carbocycles. The van der Waals surface area contributed by atoms with Gasteiger partial charge in [-0.25, -0.2) is 0 Å². The molecule has 0 aromatic carbocycles. The molecule has 2 rings (SSSR count). The normalized spacial score (nSPS) is 12.4. The molecular weight excluding hydrogens is 344 g/mol. The predicted molar refractivity (Wildman–Crippen MR) is 146 cm³/mol. The number of carbonyl (C=O) groups is 2. The van der Waals surface area contributed by atoms with E-state index in [1.54, 1.807) is 0 Å². The minimum Gasteiger partial charge on any atom is -0.300 e. The van der Waals surface area contributed by atoms with Crippen molar-refractivity contribution in [2.45, 2.75) is 154 Å². The van der Waals surface area contributed by atoms with E-state index >= 15 is 0 Å². The Balaban J connectivity index is -0.0000000129. The topological polar surface area (TPSA) is 34.1 Å². The van der Waals surface area contributed by atoms with Crippen molar-refractivity contribution in [1.29, 1.82) is 0 Å². The Morgan fingerprint density at radius 1 is 0.464 bits per heavy atom. The third-order valence-corrected chi connectivity index (χ3v) is 3.43. The van der Waals surface area contributed by atoms with E-state index in [-0.39, 0.29) is 89.1 Å². The molecule has 0 amide bonds. The monoisotopic (exact) mass is 415 g/mol. The van der Waals surface area contributed by atoms with E-state index in [0.717, 1.165) is 50.5 Å². The third-order valence-electron chi connectivity index (χ3n) is 3.43. The number of carbonyl (C=O) groups excluding carboxylic acids is 2. The van der Waals surface area contributed by atoms with E-state index in [4.69, 9.17) is 0 Å². The molecule has 1 fully saturated rings. The van der Waals surface area contributed by atoms with Crippen molar-refractivity contribution >= 4 is 11.6 Å². The Bertz CT molecular complexity index is 294. The van der Waals surface area contributed by atoms with Gasteiger partial charge in [0.15, 0.2) is 5.78 Å². The summed E-state index contributed by atoms with van der Waals surface area (Å²) in [5.74, 6) is 0.810. The lowest BCUT2D eigenvalue weighted by Crippen LogP contribution is -2.07. The van der Waals surface area contributed by atoms with Crippen molar-refractivity contribution in [3.8, 4) is 0 Å². The fraction of sp³-hybridized carbons (Fsp3) is 0.846. The lowest BCUT2D eigenvalue weighted by molar-refractivity contribution is -0.120. The quantitative estimate of drug-likeness (QED) is 0.395. The predicted octanol–water partition coefficient (Wildman–Crippen LogP) is 11.2. The summed E-state index contributed by atoms with van der Waals surface area (Å²) in [5, 5.41) is 0. The van der Waals surface area contributed by atoms with Gasteiger partial charge in [-0.3, -0.25) is 9.59 Å². The van der Waals surface area contributed by atoms with Gasteiger partial charge < -0.3 is 0 Å². The van der Waals surface area contributed by atoms with Gasteiger partial charge in [-0.1, -0.05) is 101 Å². The van der Waals surface area contributed by atoms with Crippen molar-refractivity contribution in [1.82, 2.24) is 0 Å². The smallest absolute Gasteiger partial charge is 0.158 e. The van der Waals surface area contributed by atoms with Gasteiger partial charge in [0.25, 0.3) is 0 Å². The maximum absolute atomic E-state index is 10.9. The van der Waals surface area contributed by atoms with Crippen LogP contribution in [0.25, 0.3) is 0 Å². The summed E-state index contributed by atoms with van der Waals surface area (Å²) in [7, 11) is 0. The minimum atomic E-state index is 0. The van der Waals surface area contributed by atoms with Crippen LogP contribution in [0.5, 0.6) is 0 Å². The van der Waals surface area contributed by atoms with Gasteiger partial charge in [0.05, 0.1) is 0 Å². The standard InChI is InChI=1S/C8H12O.C6H10O.12CH4/c1-6-4-3-5-8(9)7(6)2;7-6-4-2-1-3-5-6;;;;;;;;;;;;/h3-5H2,1-2H3;1-5H2;12*1H4. The fourth-order valence-corrected chi connectivity index (χ4v) is 2.07. The van der Waals surface area contributed by atoms with Crippen LogP contribution < -0.4 is 0 Å². The molecule has 0 unspecified atom stereocenters. The van der Waals surface area contributed by atoms with Crippen LogP contribution in [0, 0.1) is 0 Å². The molecule has 0 atom stereocenters. The third kappa shape index (κ3) is 32.7. The van der Waals surface area contributed by atoms with Gasteiger partial charge >= 0.3 is 0 Å². The van der Waals surface area contributed by atoms with Crippen molar-refractivity contribution in [3.63, 3.8) is 0 Å². The molecule has 0 N–H and O–H groups in total. The van der Waals surface area contributed by atoms with Crippen molar-refractivity contribution < 1.29 is 9.59 Å². The molecule has 0 spiro atoms. The van der Waals surface area contributed by atoms with Crippen molar-refractivity contribution in [2.24, 2.45) is 0 Å². The second-order valence-corrected chi connectivity index (χ2v) is 4.78. The molecule has 0 heterocycles. The molecular formula is C26H70O2. The van der Waals surface area contributed by atoms with Crippen molar-refractivity contribution in [3.05, 3.63) is 11.1 Å². The number of hydrogen-bond acceptors (Lipinski definition) is 2. The maximum Gasteiger partial charge on any atom is 0.158 e. The van der Waals surface area contributed by atoms with Gasteiger partial charge in [0.2, 0.25) is 0 Å². The van der Waals surface area contributed by atoms with Crippen LogP contribution in [-0.2, 0) is 9.59 Å². The first-order chi connectivity index (χ1) is 7.61. The molecule has 0 radical (unpaired) electrons. The van der Waals surface area contributed by atoms with E-state index in [2.05, 4.69) is 0 Å². The second kappa shape index (κ2) is 45.1. The largest absolute Gasteiger partial charge is 0.300 e. The average molecular weight is 415 g/mol. The van der Waals surface area contributed by atoms with E-state index < -0.39 is 0 Å². The van der Waals surface area contributed by atoms with Gasteiger partial charge in [0.1, 0.15) is 5.78 Å². The molecule has 0 aromatic heterocycles. The van der Waals surface area contributed by atoms with Gasteiger partial charge in [-0.2, -0.15) is 0 Å². The van der Waals surface area contributed by atoms with Crippen LogP contribution in [0.4, 0.5) is 0 Å². The van der Waals surface area contributed by atoms with Crippen LogP contribution in [0.15, 0.2) is 11.1 Å². The lowest BCUT2D eigenvalue weighted by Gasteiger charge is -2.11. The van der Waals surface area contributed by atoms with E-state index in [9.17, 15) is 9.59 Å². The summed E-state index contributed by atoms with van der Waals surface area (Å²) in [6.07, 6.45) is 8.19. The maximum atomic E-state index is 10.9. The second-order valence-electron chi connectivity index (χ2n) is 4.78. The summed E-state index contributed by atoms with van der Waals surface area (Å²) in [5.41, 5.74) is 2.28. The Hall–Kier alpha value is -0.920. The highest BCUT2D eigenvalue weighted by molar-refractivity contribution is 5.96. The molecule has 2 nitrogen and oxygen atoms in total. The molecule has 0 saturated heterocycles.